The standard InChI is InChI=1S/C10H11N3OS/c1-11-8-5-10(14)13(12-6-8)7-9-3-2-4-15-9/h2-6,11H,7H2,1H3. The van der Waals surface area contributed by atoms with Gasteiger partial charge in [0, 0.05) is 18.0 Å². The maximum Gasteiger partial charge on any atom is 0.269 e. The highest BCUT2D eigenvalue weighted by Crippen LogP contribution is 2.09. The number of hydrogen-bond donors (Lipinski definition) is 1. The van der Waals surface area contributed by atoms with Gasteiger partial charge in [0.15, 0.2) is 0 Å². The minimum Gasteiger partial charge on any atom is -0.387 e. The third-order valence-electron chi connectivity index (χ3n) is 2.04. The highest BCUT2D eigenvalue weighted by molar-refractivity contribution is 7.09. The summed E-state index contributed by atoms with van der Waals surface area (Å²) in [5.74, 6) is 0. The van der Waals surface area contributed by atoms with Crippen LogP contribution in [0.4, 0.5) is 5.69 Å². The molecule has 2 heterocycles. The number of hydrogen-bond acceptors (Lipinski definition) is 4. The van der Waals surface area contributed by atoms with Crippen LogP contribution in [0.1, 0.15) is 4.88 Å². The zero-order chi connectivity index (χ0) is 10.7. The molecule has 0 aliphatic heterocycles. The summed E-state index contributed by atoms with van der Waals surface area (Å²) in [6, 6.07) is 5.50. The van der Waals surface area contributed by atoms with Gasteiger partial charge in [-0.1, -0.05) is 6.07 Å². The van der Waals surface area contributed by atoms with Gasteiger partial charge in [-0.15, -0.1) is 11.3 Å². The fourth-order valence-electron chi connectivity index (χ4n) is 1.24. The summed E-state index contributed by atoms with van der Waals surface area (Å²) in [5, 5.41) is 8.94. The topological polar surface area (TPSA) is 46.9 Å². The van der Waals surface area contributed by atoms with E-state index in [1.165, 1.54) is 4.68 Å². The van der Waals surface area contributed by atoms with Crippen LogP contribution < -0.4 is 10.9 Å². The Balaban J connectivity index is 2.26. The highest BCUT2D eigenvalue weighted by atomic mass is 32.1. The van der Waals surface area contributed by atoms with Crippen molar-refractivity contribution in [2.24, 2.45) is 0 Å². The van der Waals surface area contributed by atoms with Gasteiger partial charge >= 0.3 is 0 Å². The van der Waals surface area contributed by atoms with Gasteiger partial charge in [-0.2, -0.15) is 5.10 Å². The number of aromatic nitrogens is 2. The summed E-state index contributed by atoms with van der Waals surface area (Å²) in [7, 11) is 1.76. The van der Waals surface area contributed by atoms with Gasteiger partial charge in [0.25, 0.3) is 5.56 Å². The molecule has 0 bridgehead atoms. The summed E-state index contributed by atoms with van der Waals surface area (Å²) in [6.07, 6.45) is 1.65. The van der Waals surface area contributed by atoms with Crippen molar-refractivity contribution in [3.63, 3.8) is 0 Å². The summed E-state index contributed by atoms with van der Waals surface area (Å²) >= 11 is 1.62. The molecule has 0 saturated heterocycles. The van der Waals surface area contributed by atoms with Crippen LogP contribution in [0.2, 0.25) is 0 Å². The largest absolute Gasteiger partial charge is 0.387 e. The number of nitrogens with one attached hydrogen (secondary N) is 1. The lowest BCUT2D eigenvalue weighted by Crippen LogP contribution is -2.22. The second-order valence-electron chi connectivity index (χ2n) is 3.07. The van der Waals surface area contributed by atoms with E-state index in [2.05, 4.69) is 10.4 Å². The third-order valence-corrected chi connectivity index (χ3v) is 2.91. The lowest BCUT2D eigenvalue weighted by molar-refractivity contribution is 0.646. The first kappa shape index (κ1) is 9.92. The molecule has 0 fully saturated rings. The molecule has 2 rings (SSSR count). The summed E-state index contributed by atoms with van der Waals surface area (Å²) in [5.41, 5.74) is 0.651. The van der Waals surface area contributed by atoms with Crippen LogP contribution in [0.5, 0.6) is 0 Å². The van der Waals surface area contributed by atoms with Crippen LogP contribution in [-0.4, -0.2) is 16.8 Å². The maximum absolute atomic E-state index is 11.6. The van der Waals surface area contributed by atoms with Crippen LogP contribution >= 0.6 is 11.3 Å². The molecular formula is C10H11N3OS. The number of anilines is 1. The molecule has 2 aromatic heterocycles. The monoisotopic (exact) mass is 221 g/mol. The van der Waals surface area contributed by atoms with Crippen LogP contribution in [0, 0.1) is 0 Å². The van der Waals surface area contributed by atoms with Crippen molar-refractivity contribution in [1.29, 1.82) is 0 Å². The molecule has 0 aliphatic rings. The van der Waals surface area contributed by atoms with Crippen LogP contribution in [0.25, 0.3) is 0 Å². The molecule has 15 heavy (non-hydrogen) atoms. The van der Waals surface area contributed by atoms with Gasteiger partial charge < -0.3 is 5.32 Å². The zero-order valence-corrected chi connectivity index (χ0v) is 9.12. The Bertz CT molecular complexity index is 490. The number of thiophene rings is 1. The van der Waals surface area contributed by atoms with Crippen molar-refractivity contribution in [3.8, 4) is 0 Å². The van der Waals surface area contributed by atoms with Crippen LogP contribution in [-0.2, 0) is 6.54 Å². The first-order valence-corrected chi connectivity index (χ1v) is 5.45. The van der Waals surface area contributed by atoms with E-state index < -0.39 is 0 Å². The smallest absolute Gasteiger partial charge is 0.269 e. The van der Waals surface area contributed by atoms with E-state index in [0.717, 1.165) is 10.6 Å². The van der Waals surface area contributed by atoms with Crippen molar-refractivity contribution in [1.82, 2.24) is 9.78 Å². The predicted molar refractivity (Wildman–Crippen MR) is 61.5 cm³/mol. The second-order valence-corrected chi connectivity index (χ2v) is 4.10. The Morgan fingerprint density at radius 1 is 1.60 bits per heavy atom. The molecular weight excluding hydrogens is 210 g/mol. The van der Waals surface area contributed by atoms with Gasteiger partial charge in [0.05, 0.1) is 18.4 Å². The van der Waals surface area contributed by atoms with Crippen molar-refractivity contribution >= 4 is 17.0 Å². The Labute approximate surface area is 91.2 Å². The first-order valence-electron chi connectivity index (χ1n) is 4.57. The predicted octanol–water partition coefficient (Wildman–Crippen LogP) is 1.39. The normalized spacial score (nSPS) is 10.2. The molecule has 0 aromatic carbocycles. The molecule has 1 N–H and O–H groups in total. The number of rotatable bonds is 3. The van der Waals surface area contributed by atoms with E-state index in [4.69, 9.17) is 0 Å². The van der Waals surface area contributed by atoms with Crippen molar-refractivity contribution < 1.29 is 0 Å². The van der Waals surface area contributed by atoms with Crippen molar-refractivity contribution in [2.45, 2.75) is 6.54 Å². The van der Waals surface area contributed by atoms with Crippen molar-refractivity contribution in [2.75, 3.05) is 12.4 Å². The minimum atomic E-state index is -0.0877. The van der Waals surface area contributed by atoms with Crippen LogP contribution in [0.3, 0.4) is 0 Å². The quantitative estimate of drug-likeness (QED) is 0.852. The Hall–Kier alpha value is -1.62. The minimum absolute atomic E-state index is 0.0877. The molecule has 0 spiro atoms. The summed E-state index contributed by atoms with van der Waals surface area (Å²) in [6.45, 7) is 0.542. The fourth-order valence-corrected chi connectivity index (χ4v) is 1.93. The van der Waals surface area contributed by atoms with Gasteiger partial charge in [-0.25, -0.2) is 4.68 Å². The molecule has 0 atom stereocenters. The van der Waals surface area contributed by atoms with E-state index in [-0.39, 0.29) is 5.56 Å². The molecule has 0 saturated carbocycles. The molecule has 0 amide bonds. The van der Waals surface area contributed by atoms with E-state index in [1.54, 1.807) is 30.6 Å². The molecule has 5 heteroatoms. The Morgan fingerprint density at radius 3 is 3.07 bits per heavy atom. The Morgan fingerprint density at radius 2 is 2.47 bits per heavy atom. The van der Waals surface area contributed by atoms with Crippen LogP contribution in [0.15, 0.2) is 34.6 Å². The highest BCUT2D eigenvalue weighted by Gasteiger charge is 2.00. The summed E-state index contributed by atoms with van der Waals surface area (Å²) < 4.78 is 1.45. The average molecular weight is 221 g/mol. The SMILES string of the molecule is CNc1cnn(Cc2cccs2)c(=O)c1. The van der Waals surface area contributed by atoms with Gasteiger partial charge in [-0.3, -0.25) is 4.79 Å². The lowest BCUT2D eigenvalue weighted by Gasteiger charge is -2.03. The number of nitrogens with zero attached hydrogens (tertiary/aromatic N) is 2. The van der Waals surface area contributed by atoms with Crippen molar-refractivity contribution in [3.05, 3.63) is 45.0 Å². The third kappa shape index (κ3) is 2.24. The van der Waals surface area contributed by atoms with E-state index in [0.29, 0.717) is 6.54 Å². The van der Waals surface area contributed by atoms with Gasteiger partial charge in [-0.05, 0) is 11.4 Å². The van der Waals surface area contributed by atoms with E-state index in [1.807, 2.05) is 17.5 Å². The first-order chi connectivity index (χ1) is 7.29. The van der Waals surface area contributed by atoms with E-state index in [9.17, 15) is 4.79 Å². The molecule has 4 nitrogen and oxygen atoms in total. The molecule has 2 aromatic rings. The second kappa shape index (κ2) is 4.27. The average Bonchev–Trinajstić information content (AvgIpc) is 2.74. The van der Waals surface area contributed by atoms with Gasteiger partial charge in [0.2, 0.25) is 0 Å². The van der Waals surface area contributed by atoms with Gasteiger partial charge in [0.1, 0.15) is 0 Å². The molecule has 0 radical (unpaired) electrons. The lowest BCUT2D eigenvalue weighted by atomic mass is 10.4. The maximum atomic E-state index is 11.6. The molecule has 0 aliphatic carbocycles. The van der Waals surface area contributed by atoms with E-state index >= 15 is 0 Å². The summed E-state index contributed by atoms with van der Waals surface area (Å²) in [4.78, 5) is 12.7. The molecule has 78 valence electrons. The fraction of sp³-hybridized carbons (Fsp3) is 0.200. The molecule has 0 unspecified atom stereocenters. The Kier molecular flexibility index (Phi) is 2.82. The zero-order valence-electron chi connectivity index (χ0n) is 8.30.